The maximum atomic E-state index is 12.2. The molecule has 0 radical (unpaired) electrons. The second kappa shape index (κ2) is 5.08. The Kier molecular flexibility index (Phi) is 4.08. The molecule has 0 unspecified atom stereocenters. The number of nitrogens with one attached hydrogen (secondary N) is 2. The molecule has 0 bridgehead atoms. The average Bonchev–Trinajstić information content (AvgIpc) is 2.61. The van der Waals surface area contributed by atoms with Crippen molar-refractivity contribution in [3.05, 3.63) is 0 Å². The summed E-state index contributed by atoms with van der Waals surface area (Å²) >= 11 is -0.925. The fourth-order valence-corrected chi connectivity index (χ4v) is 4.13. The first-order valence-electron chi connectivity index (χ1n) is 6.83. The minimum absolute atomic E-state index is 0.156. The van der Waals surface area contributed by atoms with E-state index in [4.69, 9.17) is 0 Å². The molecule has 1 saturated heterocycles. The molecule has 4 heteroatoms. The Morgan fingerprint density at radius 2 is 1.88 bits per heavy atom. The summed E-state index contributed by atoms with van der Waals surface area (Å²) in [4.78, 5) is 0. The zero-order chi connectivity index (χ0) is 12.5. The van der Waals surface area contributed by atoms with Gasteiger partial charge in [-0.1, -0.05) is 6.42 Å². The van der Waals surface area contributed by atoms with Gasteiger partial charge in [0.25, 0.3) is 0 Å². The summed E-state index contributed by atoms with van der Waals surface area (Å²) in [5, 5.41) is 3.44. The van der Waals surface area contributed by atoms with E-state index in [0.29, 0.717) is 11.5 Å². The molecule has 2 fully saturated rings. The lowest BCUT2D eigenvalue weighted by atomic mass is 9.75. The van der Waals surface area contributed by atoms with E-state index < -0.39 is 11.4 Å². The Labute approximate surface area is 108 Å². The Hall–Kier alpha value is 0.230. The van der Waals surface area contributed by atoms with Gasteiger partial charge in [-0.05, 0) is 65.0 Å². The van der Waals surface area contributed by atoms with Gasteiger partial charge in [0.1, 0.15) is 4.75 Å². The topological polar surface area (TPSA) is 47.1 Å². The first kappa shape index (κ1) is 13.7. The van der Waals surface area contributed by atoms with Gasteiger partial charge in [-0.15, -0.1) is 4.72 Å². The van der Waals surface area contributed by atoms with Crippen molar-refractivity contribution in [1.29, 1.82) is 0 Å². The molecule has 3 nitrogen and oxygen atoms in total. The molecule has 1 aliphatic carbocycles. The summed E-state index contributed by atoms with van der Waals surface area (Å²) in [6, 6.07) is 0.463. The smallest absolute Gasteiger partial charge is 0.136 e. The van der Waals surface area contributed by atoms with E-state index in [1.807, 2.05) is 20.8 Å². The molecule has 0 amide bonds. The van der Waals surface area contributed by atoms with Gasteiger partial charge in [-0.2, -0.15) is 0 Å². The zero-order valence-corrected chi connectivity index (χ0v) is 12.2. The van der Waals surface area contributed by atoms with Crippen molar-refractivity contribution in [1.82, 2.24) is 10.0 Å². The van der Waals surface area contributed by atoms with Gasteiger partial charge in [0, 0.05) is 11.4 Å². The summed E-state index contributed by atoms with van der Waals surface area (Å²) in [5.74, 6) is 0. The largest absolute Gasteiger partial charge is 0.598 e. The molecule has 2 rings (SSSR count). The van der Waals surface area contributed by atoms with Gasteiger partial charge in [0.05, 0.1) is 6.04 Å². The molecule has 0 aromatic rings. The van der Waals surface area contributed by atoms with E-state index in [-0.39, 0.29) is 4.75 Å². The van der Waals surface area contributed by atoms with Gasteiger partial charge in [-0.25, -0.2) is 0 Å². The predicted molar refractivity (Wildman–Crippen MR) is 73.2 cm³/mol. The van der Waals surface area contributed by atoms with Crippen molar-refractivity contribution in [2.45, 2.75) is 63.7 Å². The maximum Gasteiger partial charge on any atom is 0.136 e. The van der Waals surface area contributed by atoms with E-state index in [9.17, 15) is 4.55 Å². The standard InChI is InChI=1S/C13H26N2OS/c1-12(2,3)17(16)15-11-5-4-6-13(11)7-9-14-10-8-13/h11,14-15H,4-10H2,1-3H3/t11-,17-/m1/s1. The van der Waals surface area contributed by atoms with Crippen molar-refractivity contribution >= 4 is 11.4 Å². The molecule has 100 valence electrons. The molecule has 1 saturated carbocycles. The molecule has 0 aromatic carbocycles. The van der Waals surface area contributed by atoms with Crippen molar-refractivity contribution < 1.29 is 4.55 Å². The van der Waals surface area contributed by atoms with Crippen LogP contribution in [0.25, 0.3) is 0 Å². The zero-order valence-electron chi connectivity index (χ0n) is 11.3. The number of piperidine rings is 1. The van der Waals surface area contributed by atoms with Gasteiger partial charge >= 0.3 is 0 Å². The molecule has 1 aliphatic heterocycles. The van der Waals surface area contributed by atoms with Crippen LogP contribution in [0.15, 0.2) is 0 Å². The van der Waals surface area contributed by atoms with Crippen LogP contribution in [0.3, 0.4) is 0 Å². The summed E-state index contributed by atoms with van der Waals surface area (Å²) < 4.78 is 15.5. The van der Waals surface area contributed by atoms with Crippen LogP contribution in [-0.2, 0) is 11.4 Å². The molecule has 1 spiro atoms. The lowest BCUT2D eigenvalue weighted by molar-refractivity contribution is 0.173. The second-order valence-corrected chi connectivity index (χ2v) is 8.55. The first-order chi connectivity index (χ1) is 7.94. The third-order valence-corrected chi connectivity index (χ3v) is 5.92. The number of hydrogen-bond acceptors (Lipinski definition) is 3. The SMILES string of the molecule is CC(C)(C)[S@@+]([O-])N[C@@H]1CCCC12CCNCC2. The molecule has 0 aromatic heterocycles. The van der Waals surface area contributed by atoms with Crippen LogP contribution in [0.5, 0.6) is 0 Å². The number of rotatable bonds is 2. The van der Waals surface area contributed by atoms with Gasteiger partial charge in [-0.3, -0.25) is 0 Å². The summed E-state index contributed by atoms with van der Waals surface area (Å²) in [5.41, 5.74) is 0.423. The highest BCUT2D eigenvalue weighted by atomic mass is 32.2. The van der Waals surface area contributed by atoms with Gasteiger partial charge in [0.15, 0.2) is 0 Å². The predicted octanol–water partition coefficient (Wildman–Crippen LogP) is 1.96. The quantitative estimate of drug-likeness (QED) is 0.744. The first-order valence-corrected chi connectivity index (χ1v) is 7.98. The fourth-order valence-electron chi connectivity index (χ4n) is 3.15. The van der Waals surface area contributed by atoms with E-state index in [1.54, 1.807) is 0 Å². The normalized spacial score (nSPS) is 30.7. The minimum atomic E-state index is -0.925. The number of hydrogen-bond donors (Lipinski definition) is 2. The molecule has 1 heterocycles. The highest BCUT2D eigenvalue weighted by Gasteiger charge is 2.46. The van der Waals surface area contributed by atoms with Crippen LogP contribution in [0.4, 0.5) is 0 Å². The van der Waals surface area contributed by atoms with Crippen LogP contribution < -0.4 is 10.0 Å². The van der Waals surface area contributed by atoms with Crippen LogP contribution in [0.1, 0.15) is 52.9 Å². The van der Waals surface area contributed by atoms with Crippen molar-refractivity contribution in [3.8, 4) is 0 Å². The van der Waals surface area contributed by atoms with Crippen molar-refractivity contribution in [3.63, 3.8) is 0 Å². The Bertz CT molecular complexity index is 259. The monoisotopic (exact) mass is 258 g/mol. The lowest BCUT2D eigenvalue weighted by Crippen LogP contribution is -2.52. The van der Waals surface area contributed by atoms with E-state index in [1.165, 1.54) is 32.1 Å². The van der Waals surface area contributed by atoms with E-state index in [0.717, 1.165) is 13.1 Å². The Morgan fingerprint density at radius 3 is 2.47 bits per heavy atom. The van der Waals surface area contributed by atoms with E-state index >= 15 is 0 Å². The Morgan fingerprint density at radius 1 is 1.24 bits per heavy atom. The van der Waals surface area contributed by atoms with Crippen molar-refractivity contribution in [2.24, 2.45) is 5.41 Å². The molecular weight excluding hydrogens is 232 g/mol. The Balaban J connectivity index is 1.99. The van der Waals surface area contributed by atoms with Gasteiger partial charge in [0.2, 0.25) is 0 Å². The average molecular weight is 258 g/mol. The molecule has 2 atom stereocenters. The third kappa shape index (κ3) is 2.98. The molecule has 17 heavy (non-hydrogen) atoms. The molecular formula is C13H26N2OS. The molecule has 2 aliphatic rings. The fraction of sp³-hybridized carbons (Fsp3) is 1.00. The highest BCUT2D eigenvalue weighted by Crippen LogP contribution is 2.45. The second-order valence-electron chi connectivity index (χ2n) is 6.56. The third-order valence-electron chi connectivity index (χ3n) is 4.31. The maximum absolute atomic E-state index is 12.2. The van der Waals surface area contributed by atoms with Crippen molar-refractivity contribution in [2.75, 3.05) is 13.1 Å². The lowest BCUT2D eigenvalue weighted by Gasteiger charge is -2.40. The highest BCUT2D eigenvalue weighted by molar-refractivity contribution is 7.90. The summed E-state index contributed by atoms with van der Waals surface area (Å²) in [7, 11) is 0. The van der Waals surface area contributed by atoms with Crippen LogP contribution in [0.2, 0.25) is 0 Å². The minimum Gasteiger partial charge on any atom is -0.598 e. The van der Waals surface area contributed by atoms with Gasteiger partial charge < -0.3 is 9.87 Å². The van der Waals surface area contributed by atoms with Crippen LogP contribution >= 0.6 is 0 Å². The molecule has 2 N–H and O–H groups in total. The van der Waals surface area contributed by atoms with E-state index in [2.05, 4.69) is 10.0 Å². The van der Waals surface area contributed by atoms with Crippen LogP contribution in [0, 0.1) is 5.41 Å². The summed E-state index contributed by atoms with van der Waals surface area (Å²) in [6.45, 7) is 8.38. The van der Waals surface area contributed by atoms with Crippen LogP contribution in [-0.4, -0.2) is 28.4 Å². The summed E-state index contributed by atoms with van der Waals surface area (Å²) in [6.07, 6.45) is 6.28.